The van der Waals surface area contributed by atoms with Crippen molar-refractivity contribution >= 4 is 5.97 Å². The number of carbonyl (C=O) groups is 1. The van der Waals surface area contributed by atoms with Crippen molar-refractivity contribution in [3.05, 3.63) is 72.1 Å². The van der Waals surface area contributed by atoms with Crippen LogP contribution in [0.1, 0.15) is 15.9 Å². The van der Waals surface area contributed by atoms with Crippen LogP contribution in [-0.4, -0.2) is 27.2 Å². The minimum absolute atomic E-state index is 0.241. The van der Waals surface area contributed by atoms with Gasteiger partial charge in [-0.1, -0.05) is 36.4 Å². The molecule has 0 radical (unpaired) electrons. The number of hydrogen-bond donors (Lipinski definition) is 1. The highest BCUT2D eigenvalue weighted by atomic mass is 16.5. The molecule has 24 heavy (non-hydrogen) atoms. The number of rotatable bonds is 6. The molecule has 0 aliphatic carbocycles. The Kier molecular flexibility index (Phi) is 4.61. The number of aromatic carboxylic acids is 1. The fourth-order valence-corrected chi connectivity index (χ4v) is 2.57. The molecule has 1 N–H and O–H groups in total. The molecule has 1 heterocycles. The van der Waals surface area contributed by atoms with Crippen molar-refractivity contribution in [3.8, 4) is 17.1 Å². The lowest BCUT2D eigenvalue weighted by atomic mass is 10.1. The molecule has 0 unspecified atom stereocenters. The van der Waals surface area contributed by atoms with Crippen LogP contribution in [0.3, 0.4) is 0 Å². The van der Waals surface area contributed by atoms with Gasteiger partial charge in [-0.2, -0.15) is 0 Å². The summed E-state index contributed by atoms with van der Waals surface area (Å²) in [4.78, 5) is 15.7. The average molecular weight is 322 g/mol. The normalized spacial score (nSPS) is 10.5. The summed E-state index contributed by atoms with van der Waals surface area (Å²) in [6.45, 7) is 3.06. The van der Waals surface area contributed by atoms with E-state index in [-0.39, 0.29) is 5.56 Å². The molecule has 1 aromatic heterocycles. The van der Waals surface area contributed by atoms with Gasteiger partial charge in [-0.3, -0.25) is 0 Å². The zero-order valence-corrected chi connectivity index (χ0v) is 13.3. The van der Waals surface area contributed by atoms with Crippen molar-refractivity contribution < 1.29 is 14.6 Å². The molecule has 0 saturated heterocycles. The molecule has 0 saturated carbocycles. The highest BCUT2D eigenvalue weighted by Gasteiger charge is 2.15. The number of aromatic nitrogens is 2. The van der Waals surface area contributed by atoms with E-state index in [0.717, 1.165) is 11.3 Å². The van der Waals surface area contributed by atoms with E-state index in [2.05, 4.69) is 4.98 Å². The number of carboxylic acids is 1. The number of ether oxygens (including phenoxy) is 1. The van der Waals surface area contributed by atoms with E-state index in [1.54, 1.807) is 24.4 Å². The smallest absolute Gasteiger partial charge is 0.336 e. The molecule has 0 fully saturated rings. The first-order valence-electron chi connectivity index (χ1n) is 7.69. The lowest BCUT2D eigenvalue weighted by molar-refractivity contribution is 0.0697. The number of imidazole rings is 1. The SMILES string of the molecule is Cc1ccccc1OCCn1ccnc1-c1ccccc1C(=O)O. The van der Waals surface area contributed by atoms with E-state index >= 15 is 0 Å². The number of aryl methyl sites for hydroxylation is 1. The maximum absolute atomic E-state index is 11.4. The third kappa shape index (κ3) is 3.30. The molecular formula is C19H18N2O3. The van der Waals surface area contributed by atoms with Gasteiger partial charge in [-0.05, 0) is 24.6 Å². The summed E-state index contributed by atoms with van der Waals surface area (Å²) in [5.41, 5.74) is 1.93. The molecule has 3 aromatic rings. The standard InChI is InChI=1S/C19H18N2O3/c1-14-6-2-5-9-17(14)24-13-12-21-11-10-20-18(21)15-7-3-4-8-16(15)19(22)23/h2-11H,12-13H2,1H3,(H,22,23). The molecule has 0 aliphatic rings. The third-order valence-electron chi connectivity index (χ3n) is 3.80. The van der Waals surface area contributed by atoms with Crippen LogP contribution >= 0.6 is 0 Å². The van der Waals surface area contributed by atoms with Crippen molar-refractivity contribution in [2.45, 2.75) is 13.5 Å². The van der Waals surface area contributed by atoms with Crippen LogP contribution in [0.5, 0.6) is 5.75 Å². The zero-order chi connectivity index (χ0) is 16.9. The van der Waals surface area contributed by atoms with E-state index < -0.39 is 5.97 Å². The average Bonchev–Trinajstić information content (AvgIpc) is 3.05. The summed E-state index contributed by atoms with van der Waals surface area (Å²) in [5, 5.41) is 9.35. The summed E-state index contributed by atoms with van der Waals surface area (Å²) >= 11 is 0. The Labute approximate surface area is 140 Å². The van der Waals surface area contributed by atoms with E-state index in [9.17, 15) is 9.90 Å². The van der Waals surface area contributed by atoms with Gasteiger partial charge in [0, 0.05) is 18.0 Å². The highest BCUT2D eigenvalue weighted by Crippen LogP contribution is 2.22. The monoisotopic (exact) mass is 322 g/mol. The van der Waals surface area contributed by atoms with Crippen molar-refractivity contribution in [1.29, 1.82) is 0 Å². The van der Waals surface area contributed by atoms with Crippen LogP contribution < -0.4 is 4.74 Å². The van der Waals surface area contributed by atoms with E-state index in [4.69, 9.17) is 4.74 Å². The lowest BCUT2D eigenvalue weighted by Gasteiger charge is -2.12. The molecule has 0 aliphatic heterocycles. The van der Waals surface area contributed by atoms with Crippen LogP contribution in [0.2, 0.25) is 0 Å². The number of carboxylic acid groups (broad SMARTS) is 1. The van der Waals surface area contributed by atoms with E-state index in [1.807, 2.05) is 48.0 Å². The van der Waals surface area contributed by atoms with E-state index in [0.29, 0.717) is 24.5 Å². The van der Waals surface area contributed by atoms with Crippen molar-refractivity contribution in [2.75, 3.05) is 6.61 Å². The van der Waals surface area contributed by atoms with Crippen LogP contribution in [0.25, 0.3) is 11.4 Å². The second-order valence-corrected chi connectivity index (χ2v) is 5.41. The minimum Gasteiger partial charge on any atom is -0.491 e. The molecular weight excluding hydrogens is 304 g/mol. The first-order chi connectivity index (χ1) is 11.7. The summed E-state index contributed by atoms with van der Waals surface area (Å²) in [6, 6.07) is 14.7. The molecule has 122 valence electrons. The van der Waals surface area contributed by atoms with Gasteiger partial charge in [0.1, 0.15) is 18.2 Å². The Bertz CT molecular complexity index is 855. The fraction of sp³-hybridized carbons (Fsp3) is 0.158. The van der Waals surface area contributed by atoms with Gasteiger partial charge >= 0.3 is 5.97 Å². The van der Waals surface area contributed by atoms with E-state index in [1.165, 1.54) is 0 Å². The molecule has 5 nitrogen and oxygen atoms in total. The molecule has 0 spiro atoms. The predicted molar refractivity (Wildman–Crippen MR) is 91.3 cm³/mol. The van der Waals surface area contributed by atoms with Crippen LogP contribution in [0.15, 0.2) is 60.9 Å². The van der Waals surface area contributed by atoms with Crippen molar-refractivity contribution in [1.82, 2.24) is 9.55 Å². The van der Waals surface area contributed by atoms with Crippen LogP contribution in [0, 0.1) is 6.92 Å². The predicted octanol–water partition coefficient (Wildman–Crippen LogP) is 3.64. The number of nitrogens with zero attached hydrogens (tertiary/aromatic N) is 2. The Morgan fingerprint density at radius 3 is 2.71 bits per heavy atom. The maximum Gasteiger partial charge on any atom is 0.336 e. The molecule has 5 heteroatoms. The second-order valence-electron chi connectivity index (χ2n) is 5.41. The summed E-state index contributed by atoms with van der Waals surface area (Å²) in [7, 11) is 0. The Hall–Kier alpha value is -3.08. The number of para-hydroxylation sites is 1. The molecule has 2 aromatic carbocycles. The maximum atomic E-state index is 11.4. The molecule has 0 bridgehead atoms. The van der Waals surface area contributed by atoms with Gasteiger partial charge < -0.3 is 14.4 Å². The minimum atomic E-state index is -0.962. The number of benzene rings is 2. The third-order valence-corrected chi connectivity index (χ3v) is 3.80. The molecule has 3 rings (SSSR count). The number of hydrogen-bond acceptors (Lipinski definition) is 3. The van der Waals surface area contributed by atoms with Crippen LogP contribution in [0.4, 0.5) is 0 Å². The Morgan fingerprint density at radius 2 is 1.92 bits per heavy atom. The quantitative estimate of drug-likeness (QED) is 0.752. The van der Waals surface area contributed by atoms with Crippen molar-refractivity contribution in [2.24, 2.45) is 0 Å². The second kappa shape index (κ2) is 7.00. The van der Waals surface area contributed by atoms with Gasteiger partial charge in [0.25, 0.3) is 0 Å². The highest BCUT2D eigenvalue weighted by molar-refractivity contribution is 5.95. The fourth-order valence-electron chi connectivity index (χ4n) is 2.57. The Balaban J connectivity index is 1.77. The first-order valence-corrected chi connectivity index (χ1v) is 7.69. The molecule has 0 atom stereocenters. The summed E-state index contributed by atoms with van der Waals surface area (Å²) < 4.78 is 7.72. The summed E-state index contributed by atoms with van der Waals surface area (Å²) in [6.07, 6.45) is 3.50. The van der Waals surface area contributed by atoms with Crippen molar-refractivity contribution in [3.63, 3.8) is 0 Å². The lowest BCUT2D eigenvalue weighted by Crippen LogP contribution is -2.10. The first kappa shape index (κ1) is 15.8. The zero-order valence-electron chi connectivity index (χ0n) is 13.3. The van der Waals surface area contributed by atoms with Gasteiger partial charge in [-0.15, -0.1) is 0 Å². The van der Waals surface area contributed by atoms with Gasteiger partial charge in [0.15, 0.2) is 0 Å². The van der Waals surface area contributed by atoms with Gasteiger partial charge in [0.05, 0.1) is 12.1 Å². The Morgan fingerprint density at radius 1 is 1.17 bits per heavy atom. The van der Waals surface area contributed by atoms with Crippen LogP contribution in [-0.2, 0) is 6.54 Å². The van der Waals surface area contributed by atoms with Gasteiger partial charge in [-0.25, -0.2) is 9.78 Å². The largest absolute Gasteiger partial charge is 0.491 e. The topological polar surface area (TPSA) is 64.4 Å². The molecule has 0 amide bonds. The van der Waals surface area contributed by atoms with Gasteiger partial charge in [0.2, 0.25) is 0 Å². The summed E-state index contributed by atoms with van der Waals surface area (Å²) in [5.74, 6) is 0.516.